The van der Waals surface area contributed by atoms with Crippen LogP contribution in [0.2, 0.25) is 0 Å². The molecular weight excluding hydrogens is 747 g/mol. The molecule has 0 bridgehead atoms. The normalized spacial score (nSPS) is 14.9. The molecule has 0 heterocycles. The summed E-state index contributed by atoms with van der Waals surface area (Å²) in [6.07, 6.45) is 18.1. The smallest absolute Gasteiger partial charge is 0.0464 e. The summed E-state index contributed by atoms with van der Waals surface area (Å²) in [7, 11) is 0. The van der Waals surface area contributed by atoms with Gasteiger partial charge in [-0.15, -0.1) is 0 Å². The lowest BCUT2D eigenvalue weighted by atomic mass is 9.81. The Bertz CT molecular complexity index is 3120. The van der Waals surface area contributed by atoms with Crippen molar-refractivity contribution in [2.75, 3.05) is 4.90 Å². The molecule has 3 aliphatic carbocycles. The second kappa shape index (κ2) is 15.7. The molecule has 0 radical (unpaired) electrons. The Morgan fingerprint density at radius 2 is 1.11 bits per heavy atom. The molecule has 62 heavy (non-hydrogen) atoms. The summed E-state index contributed by atoms with van der Waals surface area (Å²) in [5.41, 5.74) is 21.9. The van der Waals surface area contributed by atoms with Crippen LogP contribution in [-0.2, 0) is 11.8 Å². The Morgan fingerprint density at radius 1 is 0.484 bits per heavy atom. The monoisotopic (exact) mass is 795 g/mol. The van der Waals surface area contributed by atoms with Gasteiger partial charge in [-0.1, -0.05) is 184 Å². The highest BCUT2D eigenvalue weighted by Gasteiger charge is 2.36. The molecule has 0 saturated carbocycles. The van der Waals surface area contributed by atoms with Crippen molar-refractivity contribution in [2.24, 2.45) is 0 Å². The lowest BCUT2D eigenvalue weighted by molar-refractivity contribution is 0.660. The van der Waals surface area contributed by atoms with Crippen molar-refractivity contribution in [3.63, 3.8) is 0 Å². The fourth-order valence-electron chi connectivity index (χ4n) is 10.0. The highest BCUT2D eigenvalue weighted by atomic mass is 15.1. The first-order valence-corrected chi connectivity index (χ1v) is 22.2. The van der Waals surface area contributed by atoms with Crippen LogP contribution < -0.4 is 4.90 Å². The number of hydrogen-bond acceptors (Lipinski definition) is 1. The maximum Gasteiger partial charge on any atom is 0.0464 e. The van der Waals surface area contributed by atoms with Crippen LogP contribution in [0.3, 0.4) is 0 Å². The molecule has 0 unspecified atom stereocenters. The van der Waals surface area contributed by atoms with Crippen LogP contribution in [0.5, 0.6) is 0 Å². The predicted molar refractivity (Wildman–Crippen MR) is 265 cm³/mol. The van der Waals surface area contributed by atoms with E-state index in [1.54, 1.807) is 0 Å². The minimum absolute atomic E-state index is 0.129. The van der Waals surface area contributed by atoms with Crippen LogP contribution in [0, 0.1) is 0 Å². The van der Waals surface area contributed by atoms with Crippen molar-refractivity contribution in [3.05, 3.63) is 239 Å². The molecule has 0 amide bonds. The van der Waals surface area contributed by atoms with Gasteiger partial charge in [-0.3, -0.25) is 0 Å². The summed E-state index contributed by atoms with van der Waals surface area (Å²) < 4.78 is 0. The number of benzene rings is 8. The third-order valence-electron chi connectivity index (χ3n) is 13.4. The second-order valence-corrected chi connectivity index (χ2v) is 17.6. The van der Waals surface area contributed by atoms with Crippen molar-refractivity contribution >= 4 is 45.9 Å². The second-order valence-electron chi connectivity index (χ2n) is 17.6. The highest BCUT2D eigenvalue weighted by Crippen LogP contribution is 2.51. The van der Waals surface area contributed by atoms with E-state index in [0.29, 0.717) is 0 Å². The Kier molecular flexibility index (Phi) is 9.54. The van der Waals surface area contributed by atoms with Gasteiger partial charge in [0, 0.05) is 22.5 Å². The number of nitrogens with zero attached hydrogens (tertiary/aromatic N) is 1. The van der Waals surface area contributed by atoms with Crippen molar-refractivity contribution in [1.82, 2.24) is 0 Å². The zero-order valence-corrected chi connectivity index (χ0v) is 35.5. The van der Waals surface area contributed by atoms with E-state index in [4.69, 9.17) is 0 Å². The van der Waals surface area contributed by atoms with E-state index in [2.05, 4.69) is 231 Å². The van der Waals surface area contributed by atoms with Gasteiger partial charge in [-0.05, 0) is 157 Å². The Balaban J connectivity index is 0.863. The molecule has 3 aliphatic rings. The number of para-hydroxylation sites is 1. The zero-order chi connectivity index (χ0) is 41.6. The summed E-state index contributed by atoms with van der Waals surface area (Å²) in [5.74, 6) is 0. The molecule has 8 aromatic rings. The van der Waals surface area contributed by atoms with Crippen LogP contribution in [-0.4, -0.2) is 0 Å². The third-order valence-corrected chi connectivity index (χ3v) is 13.4. The van der Waals surface area contributed by atoms with Crippen molar-refractivity contribution in [2.45, 2.75) is 44.9 Å². The van der Waals surface area contributed by atoms with Gasteiger partial charge in [-0.2, -0.15) is 0 Å². The fraction of sp³-hybridized carbons (Fsp3) is 0.115. The summed E-state index contributed by atoms with van der Waals surface area (Å²) in [6.45, 7) is 4.77. The lowest BCUT2D eigenvalue weighted by Crippen LogP contribution is -2.19. The molecule has 8 aromatic carbocycles. The molecule has 1 heteroatoms. The van der Waals surface area contributed by atoms with E-state index in [0.717, 1.165) is 25.7 Å². The van der Waals surface area contributed by atoms with Gasteiger partial charge in [0.1, 0.15) is 0 Å². The Labute approximate surface area is 366 Å². The minimum Gasteiger partial charge on any atom is -0.311 e. The van der Waals surface area contributed by atoms with Gasteiger partial charge < -0.3 is 4.90 Å². The van der Waals surface area contributed by atoms with Gasteiger partial charge in [0.25, 0.3) is 0 Å². The summed E-state index contributed by atoms with van der Waals surface area (Å²) in [6, 6.07) is 65.1. The molecule has 1 nitrogen and oxygen atoms in total. The first kappa shape index (κ1) is 37.8. The van der Waals surface area contributed by atoms with Crippen LogP contribution in [0.25, 0.3) is 68.0 Å². The maximum atomic E-state index is 2.44. The molecule has 0 saturated heterocycles. The summed E-state index contributed by atoms with van der Waals surface area (Å²) in [4.78, 5) is 2.41. The van der Waals surface area contributed by atoms with Crippen LogP contribution in [0.1, 0.15) is 72.1 Å². The van der Waals surface area contributed by atoms with Gasteiger partial charge in [-0.25, -0.2) is 0 Å². The number of aryl methyl sites for hydroxylation is 1. The lowest BCUT2D eigenvalue weighted by Gasteiger charge is -2.29. The topological polar surface area (TPSA) is 3.24 Å². The molecule has 0 fully saturated rings. The minimum atomic E-state index is -0.129. The molecule has 0 aromatic heterocycles. The molecule has 0 N–H and O–H groups in total. The van der Waals surface area contributed by atoms with Crippen LogP contribution in [0.15, 0.2) is 200 Å². The van der Waals surface area contributed by atoms with Crippen molar-refractivity contribution in [3.8, 4) is 33.4 Å². The first-order chi connectivity index (χ1) is 30.5. The Morgan fingerprint density at radius 3 is 1.85 bits per heavy atom. The molecule has 298 valence electrons. The number of hydrogen-bond donors (Lipinski definition) is 0. The molecule has 11 rings (SSSR count). The standard InChI is InChI=1S/C61H49N/c1-61(2)59-37-43(25-34-55(59)56-35-33-54(41-60(56)61)62(52-18-8-4-9-19-52)53-20-10-5-11-21-53)23-22-42-24-26-50-38-51(32-31-49(50)36-42)58-40-48-17-13-12-16-47(48)39-57(58)46-29-27-45(28-30-46)44-14-6-3-7-15-44/h3-4,6-10,12-30,33-41H,5,11,31-32H2,1-2H3/b23-22+. The number of allylic oxidation sites excluding steroid dienone is 4. The van der Waals surface area contributed by atoms with E-state index < -0.39 is 0 Å². The Hall–Kier alpha value is -7.22. The van der Waals surface area contributed by atoms with E-state index in [9.17, 15) is 0 Å². The number of anilines is 2. The summed E-state index contributed by atoms with van der Waals surface area (Å²) >= 11 is 0. The van der Waals surface area contributed by atoms with Crippen molar-refractivity contribution in [1.29, 1.82) is 0 Å². The summed E-state index contributed by atoms with van der Waals surface area (Å²) in [5, 5.41) is 2.55. The average molecular weight is 796 g/mol. The highest BCUT2D eigenvalue weighted by molar-refractivity contribution is 5.98. The van der Waals surface area contributed by atoms with E-state index >= 15 is 0 Å². The molecule has 0 aliphatic heterocycles. The first-order valence-electron chi connectivity index (χ1n) is 22.2. The molecular formula is C61H49N. The van der Waals surface area contributed by atoms with E-state index in [1.807, 2.05) is 0 Å². The quantitative estimate of drug-likeness (QED) is 0.139. The third kappa shape index (κ3) is 6.94. The number of rotatable bonds is 8. The van der Waals surface area contributed by atoms with Crippen molar-refractivity contribution < 1.29 is 0 Å². The fourth-order valence-corrected chi connectivity index (χ4v) is 10.0. The zero-order valence-electron chi connectivity index (χ0n) is 35.5. The van der Waals surface area contributed by atoms with E-state index in [-0.39, 0.29) is 5.41 Å². The van der Waals surface area contributed by atoms with E-state index in [1.165, 1.54) is 106 Å². The molecule has 0 atom stereocenters. The van der Waals surface area contributed by atoms with Gasteiger partial charge >= 0.3 is 0 Å². The van der Waals surface area contributed by atoms with Gasteiger partial charge in [0.15, 0.2) is 0 Å². The number of fused-ring (bicyclic) bond motifs is 5. The van der Waals surface area contributed by atoms with Gasteiger partial charge in [0.05, 0.1) is 0 Å². The van der Waals surface area contributed by atoms with Crippen LogP contribution in [0.4, 0.5) is 11.4 Å². The largest absolute Gasteiger partial charge is 0.311 e. The maximum absolute atomic E-state index is 2.44. The van der Waals surface area contributed by atoms with Gasteiger partial charge in [0.2, 0.25) is 0 Å². The van der Waals surface area contributed by atoms with Crippen LogP contribution >= 0.6 is 0 Å². The average Bonchev–Trinajstić information content (AvgIpc) is 3.55. The SMILES string of the molecule is CC1(C)c2cc(/C=C/c3ccc4c(c3)CCC(c3cc5ccccc5cc3-c3ccc(-c5ccccc5)cc3)=C4)ccc2-c2ccc(N(C3=CCCC=C3)c3ccccc3)cc21. The molecule has 0 spiro atoms. The predicted octanol–water partition coefficient (Wildman–Crippen LogP) is 16.5.